The zero-order valence-corrected chi connectivity index (χ0v) is 24.1. The van der Waals surface area contributed by atoms with Gasteiger partial charge in [0.25, 0.3) is 0 Å². The minimum absolute atomic E-state index is 1.19. The molecule has 0 saturated heterocycles. The first-order valence-corrected chi connectivity index (χ1v) is 14.6. The molecule has 2 heterocycles. The van der Waals surface area contributed by atoms with E-state index >= 15 is 0 Å². The molecule has 6 aromatic carbocycles. The zero-order valence-electron chi connectivity index (χ0n) is 22.0. The lowest BCUT2D eigenvalue weighted by atomic mass is 9.99. The normalized spacial score (nSPS) is 11.8. The summed E-state index contributed by atoms with van der Waals surface area (Å²) in [7, 11) is 0. The summed E-state index contributed by atoms with van der Waals surface area (Å²) < 4.78 is 6.01. The maximum absolute atomic E-state index is 2.50. The quantitative estimate of drug-likeness (QED) is 0.173. The third-order valence-electron chi connectivity index (χ3n) is 8.13. The Morgan fingerprint density at radius 3 is 1.20 bits per heavy atom. The molecule has 40 heavy (non-hydrogen) atoms. The maximum Gasteiger partial charge on any atom is 0.0541 e. The van der Waals surface area contributed by atoms with Crippen molar-refractivity contribution in [1.29, 1.82) is 0 Å². The summed E-state index contributed by atoms with van der Waals surface area (Å²) in [5, 5.41) is 5.15. The molecular weight excluding hydrogens is 599 g/mol. The molecule has 0 atom stereocenters. The van der Waals surface area contributed by atoms with E-state index in [1.165, 1.54) is 75.2 Å². The molecule has 8 aromatic rings. The number of fused-ring (bicyclic) bond motifs is 6. The Morgan fingerprint density at radius 2 is 0.800 bits per heavy atom. The van der Waals surface area contributed by atoms with Crippen molar-refractivity contribution in [3.63, 3.8) is 0 Å². The molecule has 190 valence electrons. The average molecular weight is 625 g/mol. The second-order valence-electron chi connectivity index (χ2n) is 10.4. The summed E-state index contributed by atoms with van der Waals surface area (Å²) in [4.78, 5) is 0. The summed E-state index contributed by atoms with van der Waals surface area (Å²) in [6, 6.07) is 48.5. The molecule has 0 fully saturated rings. The topological polar surface area (TPSA) is 9.86 Å². The summed E-state index contributed by atoms with van der Waals surface area (Å²) in [5.41, 5.74) is 11.1. The summed E-state index contributed by atoms with van der Waals surface area (Å²) in [6.45, 7) is 2.23. The van der Waals surface area contributed by atoms with Crippen molar-refractivity contribution in [2.45, 2.75) is 6.92 Å². The van der Waals surface area contributed by atoms with Crippen LogP contribution in [0.3, 0.4) is 0 Å². The molecule has 0 N–H and O–H groups in total. The number of benzene rings is 6. The van der Waals surface area contributed by atoms with Crippen molar-refractivity contribution in [1.82, 2.24) is 9.13 Å². The standard InChI is InChI=1S/C37H25IN2/c1-24-22-25(39-34-14-6-2-10-29(34)30-11-3-7-15-35(30)39)18-20-27(24)28-21-19-26(23-33(28)38)40-36-16-8-4-12-31(36)32-13-5-9-17-37(32)40/h2-23H,1H3. The van der Waals surface area contributed by atoms with Crippen LogP contribution in [0.15, 0.2) is 133 Å². The Kier molecular flexibility index (Phi) is 5.36. The second-order valence-corrected chi connectivity index (χ2v) is 11.6. The van der Waals surface area contributed by atoms with Gasteiger partial charge in [-0.3, -0.25) is 0 Å². The lowest BCUT2D eigenvalue weighted by molar-refractivity contribution is 1.17. The van der Waals surface area contributed by atoms with Crippen molar-refractivity contribution in [3.8, 4) is 22.5 Å². The van der Waals surface area contributed by atoms with E-state index in [4.69, 9.17) is 0 Å². The lowest BCUT2D eigenvalue weighted by Gasteiger charge is -2.15. The van der Waals surface area contributed by atoms with Crippen LogP contribution >= 0.6 is 22.6 Å². The van der Waals surface area contributed by atoms with Gasteiger partial charge < -0.3 is 9.13 Å². The van der Waals surface area contributed by atoms with Gasteiger partial charge in [0.15, 0.2) is 0 Å². The summed E-state index contributed by atoms with van der Waals surface area (Å²) in [6.07, 6.45) is 0. The first kappa shape index (κ1) is 23.5. The molecule has 0 aliphatic heterocycles. The van der Waals surface area contributed by atoms with E-state index in [1.54, 1.807) is 0 Å². The minimum Gasteiger partial charge on any atom is -0.309 e. The van der Waals surface area contributed by atoms with Gasteiger partial charge in [-0.05, 0) is 94.7 Å². The monoisotopic (exact) mass is 624 g/mol. The Bertz CT molecular complexity index is 1980. The van der Waals surface area contributed by atoms with Crippen LogP contribution in [0.2, 0.25) is 0 Å². The minimum atomic E-state index is 1.19. The Morgan fingerprint density at radius 1 is 0.425 bits per heavy atom. The highest BCUT2D eigenvalue weighted by molar-refractivity contribution is 14.1. The van der Waals surface area contributed by atoms with Crippen molar-refractivity contribution >= 4 is 66.2 Å². The molecule has 3 heteroatoms. The number of rotatable bonds is 3. The fourth-order valence-corrected chi connectivity index (χ4v) is 7.14. The molecule has 8 rings (SSSR count). The van der Waals surface area contributed by atoms with Crippen LogP contribution < -0.4 is 0 Å². The Balaban J connectivity index is 1.25. The van der Waals surface area contributed by atoms with Crippen molar-refractivity contribution in [2.24, 2.45) is 0 Å². The van der Waals surface area contributed by atoms with Crippen molar-refractivity contribution in [2.75, 3.05) is 0 Å². The maximum atomic E-state index is 2.50. The van der Waals surface area contributed by atoms with E-state index in [0.29, 0.717) is 0 Å². The van der Waals surface area contributed by atoms with Crippen LogP contribution in [0.4, 0.5) is 0 Å². The van der Waals surface area contributed by atoms with E-state index < -0.39 is 0 Å². The van der Waals surface area contributed by atoms with Gasteiger partial charge in [-0.1, -0.05) is 84.9 Å². The fourth-order valence-electron chi connectivity index (χ4n) is 6.35. The molecule has 0 spiro atoms. The van der Waals surface area contributed by atoms with Gasteiger partial charge in [-0.2, -0.15) is 0 Å². The zero-order chi connectivity index (χ0) is 26.8. The highest BCUT2D eigenvalue weighted by atomic mass is 127. The first-order chi connectivity index (χ1) is 19.7. The largest absolute Gasteiger partial charge is 0.309 e. The second kappa shape index (κ2) is 9.10. The predicted octanol–water partition coefficient (Wildman–Crippen LogP) is 10.5. The number of nitrogens with zero attached hydrogens (tertiary/aromatic N) is 2. The van der Waals surface area contributed by atoms with Gasteiger partial charge in [0.05, 0.1) is 22.1 Å². The highest BCUT2D eigenvalue weighted by Gasteiger charge is 2.16. The molecule has 0 aliphatic rings. The first-order valence-electron chi connectivity index (χ1n) is 13.6. The molecule has 2 aromatic heterocycles. The van der Waals surface area contributed by atoms with Gasteiger partial charge in [0, 0.05) is 36.5 Å². The van der Waals surface area contributed by atoms with E-state index in [-0.39, 0.29) is 0 Å². The Hall–Kier alpha value is -4.35. The molecular formula is C37H25IN2. The average Bonchev–Trinajstić information content (AvgIpc) is 3.51. The van der Waals surface area contributed by atoms with Gasteiger partial charge in [-0.25, -0.2) is 0 Å². The number of para-hydroxylation sites is 4. The number of aromatic nitrogens is 2. The lowest BCUT2D eigenvalue weighted by Crippen LogP contribution is -1.98. The third kappa shape index (κ3) is 3.47. The number of hydrogen-bond donors (Lipinski definition) is 0. The van der Waals surface area contributed by atoms with Gasteiger partial charge in [-0.15, -0.1) is 0 Å². The van der Waals surface area contributed by atoms with E-state index in [0.717, 1.165) is 0 Å². The SMILES string of the molecule is Cc1cc(-n2c3ccccc3c3ccccc32)ccc1-c1ccc(-n2c3ccccc3c3ccccc32)cc1I. The van der Waals surface area contributed by atoms with Crippen LogP contribution in [0.25, 0.3) is 66.1 Å². The number of aryl methyl sites for hydroxylation is 1. The van der Waals surface area contributed by atoms with Crippen LogP contribution in [-0.2, 0) is 0 Å². The summed E-state index contributed by atoms with van der Waals surface area (Å²) in [5.74, 6) is 0. The van der Waals surface area contributed by atoms with E-state index in [1.807, 2.05) is 0 Å². The number of halogens is 1. The molecule has 0 bridgehead atoms. The predicted molar refractivity (Wildman–Crippen MR) is 178 cm³/mol. The molecule has 0 unspecified atom stereocenters. The molecule has 0 radical (unpaired) electrons. The van der Waals surface area contributed by atoms with Crippen LogP contribution in [0.1, 0.15) is 5.56 Å². The molecule has 0 amide bonds. The van der Waals surface area contributed by atoms with Crippen molar-refractivity contribution < 1.29 is 0 Å². The fraction of sp³-hybridized carbons (Fsp3) is 0.0270. The van der Waals surface area contributed by atoms with E-state index in [9.17, 15) is 0 Å². The van der Waals surface area contributed by atoms with Crippen molar-refractivity contribution in [3.05, 3.63) is 143 Å². The van der Waals surface area contributed by atoms with Crippen LogP contribution in [-0.4, -0.2) is 9.13 Å². The van der Waals surface area contributed by atoms with Crippen LogP contribution in [0.5, 0.6) is 0 Å². The van der Waals surface area contributed by atoms with Gasteiger partial charge in [0.2, 0.25) is 0 Å². The van der Waals surface area contributed by atoms with Gasteiger partial charge in [0.1, 0.15) is 0 Å². The van der Waals surface area contributed by atoms with Gasteiger partial charge >= 0.3 is 0 Å². The Labute approximate surface area is 246 Å². The highest BCUT2D eigenvalue weighted by Crippen LogP contribution is 2.37. The van der Waals surface area contributed by atoms with Crippen LogP contribution in [0, 0.1) is 10.5 Å². The number of hydrogen-bond acceptors (Lipinski definition) is 0. The summed E-state index contributed by atoms with van der Waals surface area (Å²) >= 11 is 2.50. The molecule has 0 saturated carbocycles. The third-order valence-corrected chi connectivity index (χ3v) is 9.02. The smallest absolute Gasteiger partial charge is 0.0541 e. The molecule has 2 nitrogen and oxygen atoms in total. The van der Waals surface area contributed by atoms with E-state index in [2.05, 4.69) is 172 Å². The molecule has 0 aliphatic carbocycles.